The standard InChI is InChI=1S/C13H18OS/c1-2-3-4-5-8-11-15-13-10-7-6-9-12(13)14/h5-10,14H,2-4,11H2,1H3/b8-5+. The minimum atomic E-state index is 0.379. The Hall–Kier alpha value is -0.890. The molecule has 1 N–H and O–H groups in total. The van der Waals surface area contributed by atoms with Gasteiger partial charge in [0, 0.05) is 10.6 Å². The maximum atomic E-state index is 9.51. The molecule has 1 aromatic rings. The van der Waals surface area contributed by atoms with Gasteiger partial charge in [-0.05, 0) is 18.6 Å². The number of phenolic OH excluding ortho intramolecular Hbond substituents is 1. The Balaban J connectivity index is 2.26. The molecule has 0 fully saturated rings. The van der Waals surface area contributed by atoms with Crippen LogP contribution in [0, 0.1) is 0 Å². The molecule has 0 aliphatic carbocycles. The van der Waals surface area contributed by atoms with Crippen LogP contribution in [0.25, 0.3) is 0 Å². The first-order chi connectivity index (χ1) is 7.34. The molecule has 15 heavy (non-hydrogen) atoms. The second kappa shape index (κ2) is 7.41. The number of hydrogen-bond acceptors (Lipinski definition) is 2. The average molecular weight is 222 g/mol. The second-order valence-corrected chi connectivity index (χ2v) is 4.45. The number of hydrogen-bond donors (Lipinski definition) is 1. The largest absolute Gasteiger partial charge is 0.507 e. The summed E-state index contributed by atoms with van der Waals surface area (Å²) in [7, 11) is 0. The molecule has 1 aromatic carbocycles. The quantitative estimate of drug-likeness (QED) is 0.441. The molecule has 0 saturated heterocycles. The van der Waals surface area contributed by atoms with E-state index in [1.54, 1.807) is 17.8 Å². The molecular weight excluding hydrogens is 204 g/mol. The van der Waals surface area contributed by atoms with Crippen LogP contribution >= 0.6 is 11.8 Å². The van der Waals surface area contributed by atoms with Crippen LogP contribution in [-0.2, 0) is 0 Å². The lowest BCUT2D eigenvalue weighted by Crippen LogP contribution is -1.75. The molecule has 0 bridgehead atoms. The van der Waals surface area contributed by atoms with E-state index in [0.717, 1.165) is 17.1 Å². The van der Waals surface area contributed by atoms with Crippen molar-refractivity contribution in [1.29, 1.82) is 0 Å². The van der Waals surface area contributed by atoms with E-state index in [1.165, 1.54) is 12.8 Å². The highest BCUT2D eigenvalue weighted by Gasteiger charge is 1.97. The summed E-state index contributed by atoms with van der Waals surface area (Å²) < 4.78 is 0. The monoisotopic (exact) mass is 222 g/mol. The number of aromatic hydroxyl groups is 1. The highest BCUT2D eigenvalue weighted by Crippen LogP contribution is 2.27. The Bertz CT molecular complexity index is 307. The summed E-state index contributed by atoms with van der Waals surface area (Å²) in [6, 6.07) is 7.46. The van der Waals surface area contributed by atoms with E-state index in [1.807, 2.05) is 18.2 Å². The van der Waals surface area contributed by atoms with Crippen molar-refractivity contribution in [2.75, 3.05) is 5.75 Å². The first-order valence-electron chi connectivity index (χ1n) is 5.40. The predicted octanol–water partition coefficient (Wildman–Crippen LogP) is 4.23. The van der Waals surface area contributed by atoms with Crippen LogP contribution in [0.5, 0.6) is 5.75 Å². The Morgan fingerprint density at radius 2 is 2.07 bits per heavy atom. The molecule has 0 spiro atoms. The molecule has 0 atom stereocenters. The number of para-hydroxylation sites is 1. The number of thioether (sulfide) groups is 1. The molecule has 0 heterocycles. The molecule has 0 radical (unpaired) electrons. The summed E-state index contributed by atoms with van der Waals surface area (Å²) in [5.41, 5.74) is 0. The number of rotatable bonds is 6. The number of phenols is 1. The normalized spacial score (nSPS) is 11.0. The SMILES string of the molecule is CCCC/C=C/CSc1ccccc1O. The maximum Gasteiger partial charge on any atom is 0.129 e. The van der Waals surface area contributed by atoms with Gasteiger partial charge in [0.2, 0.25) is 0 Å². The molecule has 0 aliphatic rings. The zero-order valence-electron chi connectivity index (χ0n) is 9.15. The van der Waals surface area contributed by atoms with Crippen LogP contribution in [0.4, 0.5) is 0 Å². The Morgan fingerprint density at radius 1 is 1.27 bits per heavy atom. The van der Waals surface area contributed by atoms with Crippen molar-refractivity contribution < 1.29 is 5.11 Å². The van der Waals surface area contributed by atoms with Crippen molar-refractivity contribution >= 4 is 11.8 Å². The lowest BCUT2D eigenvalue weighted by Gasteiger charge is -2.00. The third-order valence-electron chi connectivity index (χ3n) is 2.09. The topological polar surface area (TPSA) is 20.2 Å². The average Bonchev–Trinajstić information content (AvgIpc) is 2.25. The zero-order chi connectivity index (χ0) is 10.9. The van der Waals surface area contributed by atoms with E-state index in [9.17, 15) is 5.11 Å². The van der Waals surface area contributed by atoms with Crippen LogP contribution in [0.1, 0.15) is 26.2 Å². The van der Waals surface area contributed by atoms with Crippen LogP contribution in [0.3, 0.4) is 0 Å². The molecule has 1 nitrogen and oxygen atoms in total. The van der Waals surface area contributed by atoms with Gasteiger partial charge in [-0.3, -0.25) is 0 Å². The highest BCUT2D eigenvalue weighted by molar-refractivity contribution is 7.99. The van der Waals surface area contributed by atoms with Crippen molar-refractivity contribution in [2.24, 2.45) is 0 Å². The Kier molecular flexibility index (Phi) is 6.02. The van der Waals surface area contributed by atoms with E-state index in [0.29, 0.717) is 5.75 Å². The summed E-state index contributed by atoms with van der Waals surface area (Å²) in [4.78, 5) is 0.956. The fourth-order valence-corrected chi connectivity index (χ4v) is 2.03. The van der Waals surface area contributed by atoms with Gasteiger partial charge in [0.1, 0.15) is 5.75 Å². The number of allylic oxidation sites excluding steroid dienone is 1. The van der Waals surface area contributed by atoms with Crippen molar-refractivity contribution in [3.8, 4) is 5.75 Å². The van der Waals surface area contributed by atoms with E-state index < -0.39 is 0 Å². The van der Waals surface area contributed by atoms with Gasteiger partial charge in [-0.25, -0.2) is 0 Å². The molecule has 0 amide bonds. The van der Waals surface area contributed by atoms with Crippen LogP contribution in [-0.4, -0.2) is 10.9 Å². The first kappa shape index (κ1) is 12.2. The van der Waals surface area contributed by atoms with Crippen LogP contribution in [0.15, 0.2) is 41.3 Å². The van der Waals surface area contributed by atoms with Gasteiger partial charge < -0.3 is 5.11 Å². The third kappa shape index (κ3) is 4.93. The van der Waals surface area contributed by atoms with Crippen molar-refractivity contribution in [2.45, 2.75) is 31.1 Å². The van der Waals surface area contributed by atoms with Gasteiger partial charge >= 0.3 is 0 Å². The molecule has 2 heteroatoms. The van der Waals surface area contributed by atoms with Crippen LogP contribution < -0.4 is 0 Å². The fourth-order valence-electron chi connectivity index (χ4n) is 1.22. The molecule has 0 aliphatic heterocycles. The van der Waals surface area contributed by atoms with Gasteiger partial charge in [-0.1, -0.05) is 44.1 Å². The number of benzene rings is 1. The molecule has 82 valence electrons. The van der Waals surface area contributed by atoms with Crippen molar-refractivity contribution in [3.63, 3.8) is 0 Å². The first-order valence-corrected chi connectivity index (χ1v) is 6.39. The minimum Gasteiger partial charge on any atom is -0.507 e. The summed E-state index contributed by atoms with van der Waals surface area (Å²) >= 11 is 1.67. The van der Waals surface area contributed by atoms with E-state index in [2.05, 4.69) is 19.1 Å². The lowest BCUT2D eigenvalue weighted by molar-refractivity contribution is 0.462. The van der Waals surface area contributed by atoms with E-state index in [-0.39, 0.29) is 0 Å². The van der Waals surface area contributed by atoms with Crippen molar-refractivity contribution in [1.82, 2.24) is 0 Å². The highest BCUT2D eigenvalue weighted by atomic mass is 32.2. The Morgan fingerprint density at radius 3 is 2.80 bits per heavy atom. The fraction of sp³-hybridized carbons (Fsp3) is 0.385. The summed E-state index contributed by atoms with van der Waals surface area (Å²) in [5, 5.41) is 9.51. The summed E-state index contributed by atoms with van der Waals surface area (Å²) in [5.74, 6) is 1.31. The summed E-state index contributed by atoms with van der Waals surface area (Å²) in [6.07, 6.45) is 8.07. The van der Waals surface area contributed by atoms with Crippen molar-refractivity contribution in [3.05, 3.63) is 36.4 Å². The van der Waals surface area contributed by atoms with Gasteiger partial charge in [-0.2, -0.15) is 0 Å². The smallest absolute Gasteiger partial charge is 0.129 e. The van der Waals surface area contributed by atoms with Crippen LogP contribution in [0.2, 0.25) is 0 Å². The predicted molar refractivity (Wildman–Crippen MR) is 67.5 cm³/mol. The van der Waals surface area contributed by atoms with Gasteiger partial charge in [-0.15, -0.1) is 11.8 Å². The molecule has 0 saturated carbocycles. The second-order valence-electron chi connectivity index (χ2n) is 3.39. The minimum absolute atomic E-state index is 0.379. The molecule has 0 aromatic heterocycles. The third-order valence-corrected chi connectivity index (χ3v) is 3.11. The molecule has 1 rings (SSSR count). The lowest BCUT2D eigenvalue weighted by atomic mass is 10.2. The Labute approximate surface area is 96.2 Å². The maximum absolute atomic E-state index is 9.51. The molecule has 0 unspecified atom stereocenters. The molecular formula is C13H18OS. The van der Waals surface area contributed by atoms with Gasteiger partial charge in [0.05, 0.1) is 0 Å². The van der Waals surface area contributed by atoms with E-state index in [4.69, 9.17) is 0 Å². The van der Waals surface area contributed by atoms with Gasteiger partial charge in [0.15, 0.2) is 0 Å². The summed E-state index contributed by atoms with van der Waals surface area (Å²) in [6.45, 7) is 2.20. The van der Waals surface area contributed by atoms with E-state index >= 15 is 0 Å². The zero-order valence-corrected chi connectivity index (χ0v) is 9.96. The van der Waals surface area contributed by atoms with Gasteiger partial charge in [0.25, 0.3) is 0 Å². The number of unbranched alkanes of at least 4 members (excludes halogenated alkanes) is 2.